The summed E-state index contributed by atoms with van der Waals surface area (Å²) >= 11 is 0. The van der Waals surface area contributed by atoms with Crippen molar-refractivity contribution in [3.63, 3.8) is 0 Å². The number of fused-ring (bicyclic) bond motifs is 1. The Kier molecular flexibility index (Phi) is 4.88. The second kappa shape index (κ2) is 7.50. The van der Waals surface area contributed by atoms with Crippen LogP contribution in [-0.2, 0) is 13.6 Å². The number of nitrogens with one attached hydrogen (secondary N) is 1. The largest absolute Gasteiger partial charge is 0.344 e. The highest BCUT2D eigenvalue weighted by molar-refractivity contribution is 6.07. The van der Waals surface area contributed by atoms with Crippen LogP contribution in [0.4, 0.5) is 0 Å². The first kappa shape index (κ1) is 18.9. The minimum Gasteiger partial charge on any atom is -0.344 e. The molecule has 0 saturated heterocycles. The fourth-order valence-electron chi connectivity index (χ4n) is 3.57. The minimum absolute atomic E-state index is 0.136. The molecule has 0 aliphatic rings. The summed E-state index contributed by atoms with van der Waals surface area (Å²) in [7, 11) is 1.89. The highest BCUT2D eigenvalue weighted by atomic mass is 16.1. The van der Waals surface area contributed by atoms with Gasteiger partial charge in [-0.3, -0.25) is 14.2 Å². The number of aryl methyl sites for hydroxylation is 2. The molecule has 7 heteroatoms. The lowest BCUT2D eigenvalue weighted by molar-refractivity contribution is 0.0940. The molecule has 4 rings (SSSR count). The maximum absolute atomic E-state index is 13.2. The predicted molar refractivity (Wildman–Crippen MR) is 112 cm³/mol. The third-order valence-corrected chi connectivity index (χ3v) is 5.31. The van der Waals surface area contributed by atoms with Crippen LogP contribution < -0.4 is 5.32 Å². The maximum atomic E-state index is 13.2. The van der Waals surface area contributed by atoms with Crippen LogP contribution in [0.3, 0.4) is 0 Å². The van der Waals surface area contributed by atoms with Crippen molar-refractivity contribution < 1.29 is 4.79 Å². The van der Waals surface area contributed by atoms with Gasteiger partial charge >= 0.3 is 0 Å². The van der Waals surface area contributed by atoms with Crippen LogP contribution in [0.5, 0.6) is 0 Å². The molecular weight excluding hydrogens is 364 g/mol. The first-order chi connectivity index (χ1) is 14.0. The number of pyridine rings is 1. The van der Waals surface area contributed by atoms with E-state index in [2.05, 4.69) is 15.5 Å². The molecule has 148 valence electrons. The number of carbonyl (C=O) groups is 1. The van der Waals surface area contributed by atoms with Gasteiger partial charge in [0.25, 0.3) is 5.91 Å². The maximum Gasteiger partial charge on any atom is 0.252 e. The van der Waals surface area contributed by atoms with E-state index < -0.39 is 0 Å². The van der Waals surface area contributed by atoms with Crippen molar-refractivity contribution in [3.8, 4) is 11.3 Å². The number of amides is 1. The van der Waals surface area contributed by atoms with Crippen molar-refractivity contribution >= 4 is 16.8 Å². The quantitative estimate of drug-likeness (QED) is 0.566. The minimum atomic E-state index is -0.166. The summed E-state index contributed by atoms with van der Waals surface area (Å²) in [6.07, 6.45) is 3.54. The fourth-order valence-corrected chi connectivity index (χ4v) is 3.57. The number of rotatable bonds is 5. The van der Waals surface area contributed by atoms with Crippen LogP contribution in [0, 0.1) is 6.92 Å². The van der Waals surface area contributed by atoms with Crippen LogP contribution in [0.15, 0.2) is 48.8 Å². The first-order valence-corrected chi connectivity index (χ1v) is 9.71. The topological polar surface area (TPSA) is 77.6 Å². The summed E-state index contributed by atoms with van der Waals surface area (Å²) in [5.41, 5.74) is 5.02. The SMILES string of the molecule is CCn1nccc1C(C)NC(=O)c1cc(-c2cnn(C)c2C)nc2ccccc12. The van der Waals surface area contributed by atoms with Crippen LogP contribution in [-0.4, -0.2) is 30.5 Å². The third-order valence-electron chi connectivity index (χ3n) is 5.31. The zero-order valence-electron chi connectivity index (χ0n) is 17.0. The number of carbonyl (C=O) groups excluding carboxylic acids is 1. The molecule has 0 saturated carbocycles. The van der Waals surface area contributed by atoms with Crippen LogP contribution in [0.25, 0.3) is 22.2 Å². The average molecular weight is 388 g/mol. The molecule has 0 bridgehead atoms. The molecule has 0 radical (unpaired) electrons. The zero-order valence-corrected chi connectivity index (χ0v) is 17.0. The molecule has 29 heavy (non-hydrogen) atoms. The standard InChI is InChI=1S/C22H24N6O/c1-5-28-21(10-11-23-28)14(2)25-22(29)17-12-20(18-13-24-27(4)15(18)3)26-19-9-7-6-8-16(17)19/h6-14H,5H2,1-4H3,(H,25,29). The van der Waals surface area contributed by atoms with Gasteiger partial charge in [0.15, 0.2) is 0 Å². The van der Waals surface area contributed by atoms with E-state index in [1.807, 2.05) is 68.9 Å². The molecule has 0 spiro atoms. The molecule has 7 nitrogen and oxygen atoms in total. The van der Waals surface area contributed by atoms with E-state index in [0.717, 1.165) is 40.1 Å². The molecule has 1 amide bonds. The van der Waals surface area contributed by atoms with Crippen molar-refractivity contribution in [2.75, 3.05) is 0 Å². The Hall–Kier alpha value is -3.48. The predicted octanol–water partition coefficient (Wildman–Crippen LogP) is 3.65. The van der Waals surface area contributed by atoms with Gasteiger partial charge in [-0.1, -0.05) is 18.2 Å². The second-order valence-corrected chi connectivity index (χ2v) is 7.11. The summed E-state index contributed by atoms with van der Waals surface area (Å²) in [4.78, 5) is 18.0. The Morgan fingerprint density at radius 1 is 1.21 bits per heavy atom. The van der Waals surface area contributed by atoms with Gasteiger partial charge in [-0.2, -0.15) is 10.2 Å². The highest BCUT2D eigenvalue weighted by Gasteiger charge is 2.19. The Bertz CT molecular complexity index is 1190. The van der Waals surface area contributed by atoms with Gasteiger partial charge in [0.05, 0.1) is 34.7 Å². The molecule has 3 aromatic heterocycles. The lowest BCUT2D eigenvalue weighted by Crippen LogP contribution is -2.28. The molecule has 1 N–H and O–H groups in total. The van der Waals surface area contributed by atoms with Gasteiger partial charge in [-0.25, -0.2) is 4.98 Å². The number of hydrogen-bond donors (Lipinski definition) is 1. The average Bonchev–Trinajstić information content (AvgIpc) is 3.34. The van der Waals surface area contributed by atoms with E-state index >= 15 is 0 Å². The third kappa shape index (κ3) is 3.40. The van der Waals surface area contributed by atoms with Crippen LogP contribution in [0.1, 0.15) is 41.6 Å². The molecular formula is C22H24N6O. The van der Waals surface area contributed by atoms with Crippen molar-refractivity contribution in [3.05, 3.63) is 65.7 Å². The summed E-state index contributed by atoms with van der Waals surface area (Å²) in [5.74, 6) is -0.136. The molecule has 4 aromatic rings. The number of hydrogen-bond acceptors (Lipinski definition) is 4. The second-order valence-electron chi connectivity index (χ2n) is 7.11. The first-order valence-electron chi connectivity index (χ1n) is 9.71. The molecule has 0 fully saturated rings. The van der Waals surface area contributed by atoms with E-state index in [4.69, 9.17) is 4.98 Å². The number of aromatic nitrogens is 5. The Morgan fingerprint density at radius 3 is 2.72 bits per heavy atom. The Morgan fingerprint density at radius 2 is 2.00 bits per heavy atom. The fraction of sp³-hybridized carbons (Fsp3) is 0.273. The van der Waals surface area contributed by atoms with E-state index in [9.17, 15) is 4.79 Å². The summed E-state index contributed by atoms with van der Waals surface area (Å²) in [6.45, 7) is 6.75. The van der Waals surface area contributed by atoms with E-state index in [1.54, 1.807) is 17.1 Å². The van der Waals surface area contributed by atoms with Gasteiger partial charge in [0.2, 0.25) is 0 Å². The molecule has 0 aliphatic carbocycles. The van der Waals surface area contributed by atoms with Crippen molar-refractivity contribution in [2.45, 2.75) is 33.4 Å². The van der Waals surface area contributed by atoms with Gasteiger partial charge in [0.1, 0.15) is 0 Å². The molecule has 3 heterocycles. The lowest BCUT2D eigenvalue weighted by Gasteiger charge is -2.16. The van der Waals surface area contributed by atoms with E-state index in [-0.39, 0.29) is 11.9 Å². The highest BCUT2D eigenvalue weighted by Crippen LogP contribution is 2.27. The normalized spacial score (nSPS) is 12.3. The van der Waals surface area contributed by atoms with E-state index in [1.165, 1.54) is 0 Å². The van der Waals surface area contributed by atoms with Gasteiger partial charge in [-0.15, -0.1) is 0 Å². The van der Waals surface area contributed by atoms with Gasteiger partial charge in [-0.05, 0) is 39.0 Å². The summed E-state index contributed by atoms with van der Waals surface area (Å²) in [5, 5.41) is 12.6. The monoisotopic (exact) mass is 388 g/mol. The Labute approximate surface area is 169 Å². The van der Waals surface area contributed by atoms with Crippen LogP contribution in [0.2, 0.25) is 0 Å². The van der Waals surface area contributed by atoms with Crippen LogP contribution >= 0.6 is 0 Å². The number of para-hydroxylation sites is 1. The summed E-state index contributed by atoms with van der Waals surface area (Å²) < 4.78 is 3.69. The molecule has 1 aromatic carbocycles. The van der Waals surface area contributed by atoms with Crippen molar-refractivity contribution in [1.29, 1.82) is 0 Å². The number of benzene rings is 1. The smallest absolute Gasteiger partial charge is 0.252 e. The Balaban J connectivity index is 1.76. The lowest BCUT2D eigenvalue weighted by atomic mass is 10.0. The molecule has 1 atom stereocenters. The molecule has 1 unspecified atom stereocenters. The number of nitrogens with zero attached hydrogens (tertiary/aromatic N) is 5. The van der Waals surface area contributed by atoms with E-state index in [0.29, 0.717) is 5.56 Å². The molecule has 0 aliphatic heterocycles. The van der Waals surface area contributed by atoms with Crippen molar-refractivity contribution in [2.24, 2.45) is 7.05 Å². The van der Waals surface area contributed by atoms with Crippen molar-refractivity contribution in [1.82, 2.24) is 29.9 Å². The van der Waals surface area contributed by atoms with Gasteiger partial charge < -0.3 is 5.32 Å². The summed E-state index contributed by atoms with van der Waals surface area (Å²) in [6, 6.07) is 11.3. The van der Waals surface area contributed by atoms with Gasteiger partial charge in [0, 0.05) is 36.4 Å². The zero-order chi connectivity index (χ0) is 20.5.